The van der Waals surface area contributed by atoms with E-state index >= 15 is 0 Å². The van der Waals surface area contributed by atoms with Crippen molar-refractivity contribution >= 4 is 10.1 Å². The average molecular weight is 354 g/mol. The van der Waals surface area contributed by atoms with Gasteiger partial charge in [0.1, 0.15) is 4.90 Å². The monoisotopic (exact) mass is 354 g/mol. The van der Waals surface area contributed by atoms with Gasteiger partial charge in [-0.05, 0) is 38.1 Å². The number of benzene rings is 2. The summed E-state index contributed by atoms with van der Waals surface area (Å²) in [6.45, 7) is 3.35. The van der Waals surface area contributed by atoms with Crippen molar-refractivity contribution in [2.24, 2.45) is 0 Å². The van der Waals surface area contributed by atoms with E-state index in [9.17, 15) is 12.8 Å². The molecule has 0 fully saturated rings. The lowest BCUT2D eigenvalue weighted by Crippen LogP contribution is -2.08. The summed E-state index contributed by atoms with van der Waals surface area (Å²) in [5.74, 6) is -0.563. The highest BCUT2D eigenvalue weighted by molar-refractivity contribution is 7.87. The van der Waals surface area contributed by atoms with E-state index in [1.807, 2.05) is 0 Å². The molecule has 24 heavy (non-hydrogen) atoms. The van der Waals surface area contributed by atoms with Crippen LogP contribution in [0.3, 0.4) is 0 Å². The molecule has 0 amide bonds. The minimum absolute atomic E-state index is 0.00986. The zero-order chi connectivity index (χ0) is 17.9. The van der Waals surface area contributed by atoms with Crippen molar-refractivity contribution in [1.29, 1.82) is 0 Å². The SMILES string of the molecule is CCOS(=O)(=O)c1ccc(C)cc1-c1ccc(OC)c(OC)c1F. The molecule has 0 heterocycles. The third kappa shape index (κ3) is 3.37. The molecule has 7 heteroatoms. The third-order valence-corrected chi connectivity index (χ3v) is 4.89. The molecule has 2 aromatic carbocycles. The standard InChI is InChI=1S/C17H19FO5S/c1-5-23-24(19,20)15-9-6-11(2)10-13(15)12-7-8-14(21-3)17(22-4)16(12)18/h6-10H,5H2,1-4H3. The van der Waals surface area contributed by atoms with Gasteiger partial charge in [0.05, 0.1) is 20.8 Å². The molecule has 2 aromatic rings. The van der Waals surface area contributed by atoms with Gasteiger partial charge >= 0.3 is 0 Å². The van der Waals surface area contributed by atoms with E-state index in [0.29, 0.717) is 0 Å². The second-order valence-electron chi connectivity index (χ2n) is 5.02. The first kappa shape index (κ1) is 18.2. The van der Waals surface area contributed by atoms with Gasteiger partial charge in [-0.2, -0.15) is 8.42 Å². The maximum Gasteiger partial charge on any atom is 0.297 e. The maximum atomic E-state index is 14.9. The van der Waals surface area contributed by atoms with E-state index in [1.165, 1.54) is 32.4 Å². The van der Waals surface area contributed by atoms with Crippen molar-refractivity contribution in [2.45, 2.75) is 18.7 Å². The van der Waals surface area contributed by atoms with Crippen LogP contribution in [0.4, 0.5) is 4.39 Å². The Kier molecular flexibility index (Phi) is 5.46. The molecule has 0 spiro atoms. The normalized spacial score (nSPS) is 11.4. The highest BCUT2D eigenvalue weighted by Gasteiger charge is 2.24. The maximum absolute atomic E-state index is 14.9. The topological polar surface area (TPSA) is 61.8 Å². The Hall–Kier alpha value is -2.12. The third-order valence-electron chi connectivity index (χ3n) is 3.45. The number of ether oxygens (including phenoxy) is 2. The lowest BCUT2D eigenvalue weighted by molar-refractivity contribution is 0.337. The summed E-state index contributed by atoms with van der Waals surface area (Å²) in [5.41, 5.74) is 1.09. The molecule has 0 saturated carbocycles. The minimum atomic E-state index is -4.00. The molecule has 2 rings (SSSR count). The Morgan fingerprint density at radius 1 is 1.04 bits per heavy atom. The van der Waals surface area contributed by atoms with E-state index in [0.717, 1.165) is 5.56 Å². The van der Waals surface area contributed by atoms with Gasteiger partial charge in [-0.3, -0.25) is 4.18 Å². The van der Waals surface area contributed by atoms with E-state index in [2.05, 4.69) is 0 Å². The number of aryl methyl sites for hydroxylation is 1. The molecule has 0 unspecified atom stereocenters. The lowest BCUT2D eigenvalue weighted by Gasteiger charge is -2.15. The highest BCUT2D eigenvalue weighted by Crippen LogP contribution is 2.39. The van der Waals surface area contributed by atoms with Crippen LogP contribution in [0.25, 0.3) is 11.1 Å². The molecule has 0 atom stereocenters. The van der Waals surface area contributed by atoms with Gasteiger partial charge in [0.25, 0.3) is 10.1 Å². The summed E-state index contributed by atoms with van der Waals surface area (Å²) in [7, 11) is -1.28. The van der Waals surface area contributed by atoms with Crippen LogP contribution in [0.15, 0.2) is 35.2 Å². The van der Waals surface area contributed by atoms with Gasteiger partial charge in [-0.1, -0.05) is 11.6 Å². The van der Waals surface area contributed by atoms with Crippen molar-refractivity contribution < 1.29 is 26.5 Å². The Labute approximate surface area is 141 Å². The zero-order valence-electron chi connectivity index (χ0n) is 13.9. The van der Waals surface area contributed by atoms with Crippen LogP contribution in [0, 0.1) is 12.7 Å². The van der Waals surface area contributed by atoms with Gasteiger partial charge in [0, 0.05) is 11.1 Å². The van der Waals surface area contributed by atoms with Crippen LogP contribution in [0.2, 0.25) is 0 Å². The van der Waals surface area contributed by atoms with Crippen molar-refractivity contribution in [3.8, 4) is 22.6 Å². The Morgan fingerprint density at radius 2 is 1.75 bits per heavy atom. The Morgan fingerprint density at radius 3 is 2.33 bits per heavy atom. The summed E-state index contributed by atoms with van der Waals surface area (Å²) in [5, 5.41) is 0. The van der Waals surface area contributed by atoms with Gasteiger partial charge in [-0.15, -0.1) is 0 Å². The number of rotatable bonds is 6. The second-order valence-corrected chi connectivity index (χ2v) is 6.61. The molecule has 0 radical (unpaired) electrons. The van der Waals surface area contributed by atoms with Crippen LogP contribution < -0.4 is 9.47 Å². The van der Waals surface area contributed by atoms with E-state index < -0.39 is 15.9 Å². The lowest BCUT2D eigenvalue weighted by atomic mass is 10.0. The first-order valence-electron chi connectivity index (χ1n) is 7.26. The summed E-state index contributed by atoms with van der Waals surface area (Å²) >= 11 is 0. The van der Waals surface area contributed by atoms with Crippen LogP contribution in [-0.2, 0) is 14.3 Å². The average Bonchev–Trinajstić information content (AvgIpc) is 2.54. The van der Waals surface area contributed by atoms with Crippen LogP contribution in [0.5, 0.6) is 11.5 Å². The van der Waals surface area contributed by atoms with Gasteiger partial charge in [0.2, 0.25) is 0 Å². The Bertz CT molecular complexity index is 846. The fraction of sp³-hybridized carbons (Fsp3) is 0.294. The predicted molar refractivity (Wildman–Crippen MR) is 88.5 cm³/mol. The number of methoxy groups -OCH3 is 2. The van der Waals surface area contributed by atoms with Crippen LogP contribution >= 0.6 is 0 Å². The molecular formula is C17H19FO5S. The number of hydrogen-bond donors (Lipinski definition) is 0. The van der Waals surface area contributed by atoms with Gasteiger partial charge in [-0.25, -0.2) is 4.39 Å². The van der Waals surface area contributed by atoms with Gasteiger partial charge in [0.15, 0.2) is 17.3 Å². The highest BCUT2D eigenvalue weighted by atomic mass is 32.2. The summed E-state index contributed by atoms with van der Waals surface area (Å²) in [6, 6.07) is 7.61. The summed E-state index contributed by atoms with van der Waals surface area (Å²) in [6.07, 6.45) is 0. The van der Waals surface area contributed by atoms with Crippen molar-refractivity contribution in [1.82, 2.24) is 0 Å². The zero-order valence-corrected chi connectivity index (χ0v) is 14.7. The van der Waals surface area contributed by atoms with E-state index in [4.69, 9.17) is 13.7 Å². The molecule has 0 aliphatic carbocycles. The van der Waals surface area contributed by atoms with Crippen molar-refractivity contribution in [2.75, 3.05) is 20.8 Å². The fourth-order valence-corrected chi connectivity index (χ4v) is 3.50. The molecular weight excluding hydrogens is 335 g/mol. The van der Waals surface area contributed by atoms with Crippen LogP contribution in [0.1, 0.15) is 12.5 Å². The summed E-state index contributed by atoms with van der Waals surface area (Å²) in [4.78, 5) is -0.0962. The molecule has 0 N–H and O–H groups in total. The number of halogens is 1. The molecule has 0 saturated heterocycles. The minimum Gasteiger partial charge on any atom is -0.493 e. The second kappa shape index (κ2) is 7.19. The largest absolute Gasteiger partial charge is 0.493 e. The van der Waals surface area contributed by atoms with Crippen molar-refractivity contribution in [3.05, 3.63) is 41.7 Å². The molecule has 0 aromatic heterocycles. The van der Waals surface area contributed by atoms with Crippen LogP contribution in [-0.4, -0.2) is 29.2 Å². The first-order chi connectivity index (χ1) is 11.4. The first-order valence-corrected chi connectivity index (χ1v) is 8.67. The molecule has 0 aliphatic rings. The molecule has 5 nitrogen and oxygen atoms in total. The molecule has 130 valence electrons. The smallest absolute Gasteiger partial charge is 0.297 e. The predicted octanol–water partition coefficient (Wildman–Crippen LogP) is 3.54. The molecule has 0 bridgehead atoms. The van der Waals surface area contributed by atoms with E-state index in [1.54, 1.807) is 26.0 Å². The Balaban J connectivity index is 2.76. The molecule has 0 aliphatic heterocycles. The van der Waals surface area contributed by atoms with Gasteiger partial charge < -0.3 is 9.47 Å². The summed E-state index contributed by atoms with van der Waals surface area (Å²) < 4.78 is 54.5. The van der Waals surface area contributed by atoms with E-state index in [-0.39, 0.29) is 34.1 Å². The number of hydrogen-bond acceptors (Lipinski definition) is 5. The quantitative estimate of drug-likeness (QED) is 0.743. The van der Waals surface area contributed by atoms with Crippen molar-refractivity contribution in [3.63, 3.8) is 0 Å². The fourth-order valence-electron chi connectivity index (χ4n) is 2.39.